The molecule has 0 spiro atoms. The molecule has 0 atom stereocenters. The van der Waals surface area contributed by atoms with E-state index in [1.807, 2.05) is 84.9 Å². The van der Waals surface area contributed by atoms with Crippen LogP contribution in [-0.2, 0) is 0 Å². The molecule has 0 aliphatic carbocycles. The lowest BCUT2D eigenvalue weighted by Crippen LogP contribution is -2.06. The Morgan fingerprint density at radius 2 is 1.50 bits per heavy atom. The van der Waals surface area contributed by atoms with Crippen LogP contribution in [0, 0.1) is 0 Å². The van der Waals surface area contributed by atoms with Crippen molar-refractivity contribution < 1.29 is 4.74 Å². The summed E-state index contributed by atoms with van der Waals surface area (Å²) in [5.41, 5.74) is 6.12. The van der Waals surface area contributed by atoms with Crippen LogP contribution >= 0.6 is 0 Å². The predicted octanol–water partition coefficient (Wildman–Crippen LogP) is 4.97. The zero-order chi connectivity index (χ0) is 19.2. The lowest BCUT2D eigenvalue weighted by Gasteiger charge is -2.09. The molecule has 0 unspecified atom stereocenters. The van der Waals surface area contributed by atoms with E-state index in [9.17, 15) is 0 Å². The van der Waals surface area contributed by atoms with Crippen molar-refractivity contribution in [3.8, 4) is 22.8 Å². The molecule has 28 heavy (non-hydrogen) atoms. The van der Waals surface area contributed by atoms with Gasteiger partial charge in [-0.05, 0) is 48.5 Å². The molecule has 4 N–H and O–H groups in total. The summed E-state index contributed by atoms with van der Waals surface area (Å²) in [7, 11) is 0. The third kappa shape index (κ3) is 4.25. The Bertz CT molecular complexity index is 1050. The van der Waals surface area contributed by atoms with Gasteiger partial charge in [0.1, 0.15) is 23.6 Å². The number of nitrogens with one attached hydrogen (secondary N) is 2. The fourth-order valence-electron chi connectivity index (χ4n) is 2.73. The maximum atomic E-state index is 5.81. The molecule has 6 heteroatoms. The van der Waals surface area contributed by atoms with Crippen LogP contribution < -0.4 is 21.3 Å². The maximum Gasteiger partial charge on any atom is 0.134 e. The number of nitrogens with zero attached hydrogens (tertiary/aromatic N) is 2. The van der Waals surface area contributed by atoms with Crippen LogP contribution in [0.25, 0.3) is 11.3 Å². The number of hydrogen-bond acceptors (Lipinski definition) is 6. The fraction of sp³-hybridized carbons (Fsp3) is 0. The minimum atomic E-state index is 0.702. The molecule has 138 valence electrons. The van der Waals surface area contributed by atoms with Crippen molar-refractivity contribution in [1.29, 1.82) is 0 Å². The summed E-state index contributed by atoms with van der Waals surface area (Å²) in [5, 5.41) is 3.29. The summed E-state index contributed by atoms with van der Waals surface area (Å²) in [6.45, 7) is 0. The standard InChI is InChI=1S/C22H19N5O/c23-27-18-6-4-5-16(13-18)21-14-22(25-15-24-21)26-17-9-11-20(12-10-17)28-19-7-2-1-3-8-19/h1-15,27H,23H2,(H,24,25,26). The summed E-state index contributed by atoms with van der Waals surface area (Å²) in [5.74, 6) is 7.76. The maximum absolute atomic E-state index is 5.81. The third-order valence-corrected chi connectivity index (χ3v) is 4.10. The fourth-order valence-corrected chi connectivity index (χ4v) is 2.73. The Morgan fingerprint density at radius 1 is 0.714 bits per heavy atom. The van der Waals surface area contributed by atoms with E-state index in [4.69, 9.17) is 10.6 Å². The zero-order valence-electron chi connectivity index (χ0n) is 15.0. The van der Waals surface area contributed by atoms with E-state index in [0.29, 0.717) is 5.82 Å². The molecule has 4 rings (SSSR count). The molecule has 0 amide bonds. The van der Waals surface area contributed by atoms with Crippen molar-refractivity contribution in [2.45, 2.75) is 0 Å². The summed E-state index contributed by atoms with van der Waals surface area (Å²) in [6.07, 6.45) is 1.53. The van der Waals surface area contributed by atoms with Crippen LogP contribution in [0.2, 0.25) is 0 Å². The van der Waals surface area contributed by atoms with Crippen molar-refractivity contribution in [1.82, 2.24) is 9.97 Å². The number of anilines is 3. The lowest BCUT2D eigenvalue weighted by molar-refractivity contribution is 0.483. The van der Waals surface area contributed by atoms with Gasteiger partial charge in [0, 0.05) is 23.0 Å². The van der Waals surface area contributed by atoms with Gasteiger partial charge in [0.2, 0.25) is 0 Å². The quantitative estimate of drug-likeness (QED) is 0.329. The Hall–Kier alpha value is -3.90. The number of hydrazine groups is 1. The monoisotopic (exact) mass is 369 g/mol. The van der Waals surface area contributed by atoms with Crippen LogP contribution in [0.5, 0.6) is 11.5 Å². The van der Waals surface area contributed by atoms with Crippen molar-refractivity contribution in [3.05, 3.63) is 91.3 Å². The molecular formula is C22H19N5O. The number of benzene rings is 3. The van der Waals surface area contributed by atoms with Crippen LogP contribution in [0.4, 0.5) is 17.2 Å². The van der Waals surface area contributed by atoms with Gasteiger partial charge in [-0.1, -0.05) is 30.3 Å². The molecule has 1 heterocycles. The molecule has 4 aromatic rings. The number of nitrogens with two attached hydrogens (primary N) is 1. The largest absolute Gasteiger partial charge is 0.457 e. The highest BCUT2D eigenvalue weighted by molar-refractivity contribution is 5.68. The van der Waals surface area contributed by atoms with Gasteiger partial charge in [-0.15, -0.1) is 0 Å². The minimum absolute atomic E-state index is 0.702. The topological polar surface area (TPSA) is 85.1 Å². The lowest BCUT2D eigenvalue weighted by atomic mass is 10.1. The van der Waals surface area contributed by atoms with Crippen LogP contribution in [0.15, 0.2) is 91.3 Å². The van der Waals surface area contributed by atoms with Crippen molar-refractivity contribution in [3.63, 3.8) is 0 Å². The Balaban J connectivity index is 1.48. The average molecular weight is 369 g/mol. The SMILES string of the molecule is NNc1cccc(-c2cc(Nc3ccc(Oc4ccccc4)cc3)ncn2)c1. The van der Waals surface area contributed by atoms with E-state index >= 15 is 0 Å². The second-order valence-corrected chi connectivity index (χ2v) is 6.08. The Morgan fingerprint density at radius 3 is 2.29 bits per heavy atom. The molecule has 1 aromatic heterocycles. The van der Waals surface area contributed by atoms with Crippen LogP contribution in [-0.4, -0.2) is 9.97 Å². The van der Waals surface area contributed by atoms with Gasteiger partial charge in [-0.2, -0.15) is 0 Å². The molecule has 6 nitrogen and oxygen atoms in total. The van der Waals surface area contributed by atoms with Gasteiger partial charge in [0.15, 0.2) is 0 Å². The second-order valence-electron chi connectivity index (χ2n) is 6.08. The molecular weight excluding hydrogens is 350 g/mol. The van der Waals surface area contributed by atoms with E-state index in [0.717, 1.165) is 34.1 Å². The minimum Gasteiger partial charge on any atom is -0.457 e. The Labute approximate surface area is 163 Å². The van der Waals surface area contributed by atoms with Gasteiger partial charge in [0.25, 0.3) is 0 Å². The Kier molecular flexibility index (Phi) is 5.13. The van der Waals surface area contributed by atoms with Gasteiger partial charge in [-0.3, -0.25) is 5.84 Å². The summed E-state index contributed by atoms with van der Waals surface area (Å²) < 4.78 is 5.81. The number of rotatable bonds is 6. The summed E-state index contributed by atoms with van der Waals surface area (Å²) >= 11 is 0. The van der Waals surface area contributed by atoms with E-state index in [1.54, 1.807) is 0 Å². The highest BCUT2D eigenvalue weighted by Crippen LogP contribution is 2.26. The van der Waals surface area contributed by atoms with Gasteiger partial charge >= 0.3 is 0 Å². The number of para-hydroxylation sites is 1. The number of nitrogen functional groups attached to an aromatic ring is 1. The zero-order valence-corrected chi connectivity index (χ0v) is 15.0. The van der Waals surface area contributed by atoms with Crippen molar-refractivity contribution in [2.75, 3.05) is 10.7 Å². The first-order valence-corrected chi connectivity index (χ1v) is 8.79. The van der Waals surface area contributed by atoms with E-state index < -0.39 is 0 Å². The third-order valence-electron chi connectivity index (χ3n) is 4.10. The number of ether oxygens (including phenoxy) is 1. The molecule has 0 saturated carbocycles. The van der Waals surface area contributed by atoms with Gasteiger partial charge in [-0.25, -0.2) is 9.97 Å². The average Bonchev–Trinajstić information content (AvgIpc) is 2.76. The highest BCUT2D eigenvalue weighted by Gasteiger charge is 2.04. The summed E-state index contributed by atoms with van der Waals surface area (Å²) in [6, 6.07) is 27.0. The van der Waals surface area contributed by atoms with Crippen molar-refractivity contribution >= 4 is 17.2 Å². The normalized spacial score (nSPS) is 10.3. The molecule has 0 aliphatic rings. The molecule has 0 radical (unpaired) electrons. The number of aromatic nitrogens is 2. The van der Waals surface area contributed by atoms with E-state index in [2.05, 4.69) is 20.7 Å². The predicted molar refractivity (Wildman–Crippen MR) is 112 cm³/mol. The highest BCUT2D eigenvalue weighted by atomic mass is 16.5. The second kappa shape index (κ2) is 8.20. The molecule has 0 fully saturated rings. The summed E-state index contributed by atoms with van der Waals surface area (Å²) in [4.78, 5) is 8.65. The van der Waals surface area contributed by atoms with E-state index in [1.165, 1.54) is 6.33 Å². The first kappa shape index (κ1) is 17.5. The van der Waals surface area contributed by atoms with Crippen LogP contribution in [0.1, 0.15) is 0 Å². The van der Waals surface area contributed by atoms with Gasteiger partial charge in [0.05, 0.1) is 5.69 Å². The number of hydrogen-bond donors (Lipinski definition) is 3. The van der Waals surface area contributed by atoms with Crippen molar-refractivity contribution in [2.24, 2.45) is 5.84 Å². The van der Waals surface area contributed by atoms with E-state index in [-0.39, 0.29) is 0 Å². The smallest absolute Gasteiger partial charge is 0.134 e. The van der Waals surface area contributed by atoms with Crippen LogP contribution in [0.3, 0.4) is 0 Å². The molecule has 3 aromatic carbocycles. The first-order chi connectivity index (χ1) is 13.8. The first-order valence-electron chi connectivity index (χ1n) is 8.79. The molecule has 0 aliphatic heterocycles. The molecule has 0 bridgehead atoms. The van der Waals surface area contributed by atoms with Gasteiger partial charge < -0.3 is 15.5 Å². The molecule has 0 saturated heterocycles.